The second-order valence-corrected chi connectivity index (χ2v) is 14.7. The van der Waals surface area contributed by atoms with Crippen LogP contribution < -0.4 is 5.32 Å². The van der Waals surface area contributed by atoms with Gasteiger partial charge < -0.3 is 14.6 Å². The van der Waals surface area contributed by atoms with Gasteiger partial charge in [-0.2, -0.15) is 9.97 Å². The van der Waals surface area contributed by atoms with Crippen LogP contribution in [0.25, 0.3) is 11.0 Å². The first-order chi connectivity index (χ1) is 13.7. The van der Waals surface area contributed by atoms with Crippen LogP contribution in [0.2, 0.25) is 31.0 Å². The maximum Gasteiger partial charge on any atom is 0.226 e. The van der Waals surface area contributed by atoms with Crippen LogP contribution in [0.5, 0.6) is 0 Å². The Morgan fingerprint density at radius 1 is 1.21 bits per heavy atom. The zero-order chi connectivity index (χ0) is 21.2. The molecule has 0 aliphatic heterocycles. The fourth-order valence-electron chi connectivity index (χ4n) is 2.75. The summed E-state index contributed by atoms with van der Waals surface area (Å²) in [5.74, 6) is -0.863. The molecular weight excluding hydrogens is 482 g/mol. The van der Waals surface area contributed by atoms with Crippen molar-refractivity contribution in [3.8, 4) is 0 Å². The largest absolute Gasteiger partial charge is 0.365 e. The first-order valence-electron chi connectivity index (χ1n) is 9.12. The number of hydrogen-bond donors (Lipinski definition) is 1. The molecule has 0 unspecified atom stereocenters. The van der Waals surface area contributed by atoms with Crippen LogP contribution in [0.4, 0.5) is 14.6 Å². The van der Waals surface area contributed by atoms with E-state index in [1.165, 1.54) is 18.2 Å². The summed E-state index contributed by atoms with van der Waals surface area (Å²) >= 11 is 9.60. The molecule has 0 aliphatic carbocycles. The molecule has 2 heterocycles. The monoisotopic (exact) mass is 502 g/mol. The minimum Gasteiger partial charge on any atom is -0.365 e. The Morgan fingerprint density at radius 2 is 1.90 bits per heavy atom. The molecule has 0 bridgehead atoms. The van der Waals surface area contributed by atoms with Crippen molar-refractivity contribution in [3.05, 3.63) is 51.4 Å². The Kier molecular flexibility index (Phi) is 6.93. The Balaban J connectivity index is 1.83. The van der Waals surface area contributed by atoms with Gasteiger partial charge in [0.1, 0.15) is 29.8 Å². The summed E-state index contributed by atoms with van der Waals surface area (Å²) in [5, 5.41) is 3.67. The predicted octanol–water partition coefficient (Wildman–Crippen LogP) is 6.05. The summed E-state index contributed by atoms with van der Waals surface area (Å²) < 4.78 is 36.2. The van der Waals surface area contributed by atoms with Gasteiger partial charge >= 0.3 is 0 Å². The summed E-state index contributed by atoms with van der Waals surface area (Å²) in [6.07, 6.45) is 1.83. The van der Waals surface area contributed by atoms with Gasteiger partial charge in [-0.3, -0.25) is 0 Å². The molecule has 2 aromatic heterocycles. The highest BCUT2D eigenvalue weighted by molar-refractivity contribution is 9.10. The molecule has 0 fully saturated rings. The van der Waals surface area contributed by atoms with E-state index in [1.807, 2.05) is 10.8 Å². The number of anilines is 1. The van der Waals surface area contributed by atoms with Gasteiger partial charge in [-0.25, -0.2) is 8.78 Å². The number of benzene rings is 1. The molecule has 10 heteroatoms. The molecule has 1 aromatic carbocycles. The van der Waals surface area contributed by atoms with Crippen molar-refractivity contribution in [1.29, 1.82) is 0 Å². The summed E-state index contributed by atoms with van der Waals surface area (Å²) in [4.78, 5) is 8.50. The van der Waals surface area contributed by atoms with Crippen LogP contribution in [0.1, 0.15) is 5.56 Å². The van der Waals surface area contributed by atoms with Crippen molar-refractivity contribution in [3.63, 3.8) is 0 Å². The molecular formula is C19H22BrClF2N4OSi. The predicted molar refractivity (Wildman–Crippen MR) is 118 cm³/mol. The third-order valence-corrected chi connectivity index (χ3v) is 6.84. The number of hydrogen-bond acceptors (Lipinski definition) is 4. The SMILES string of the molecule is C[Si](C)(C)CCOCn1cc(Br)c2c(NCc3c(F)cccc3F)nc(Cl)nc21. The van der Waals surface area contributed by atoms with Gasteiger partial charge in [-0.05, 0) is 45.7 Å². The Morgan fingerprint density at radius 3 is 2.55 bits per heavy atom. The van der Waals surface area contributed by atoms with Gasteiger partial charge in [-0.1, -0.05) is 25.7 Å². The van der Waals surface area contributed by atoms with Crippen LogP contribution >= 0.6 is 27.5 Å². The van der Waals surface area contributed by atoms with Crippen molar-refractivity contribution in [2.24, 2.45) is 0 Å². The smallest absolute Gasteiger partial charge is 0.226 e. The molecule has 29 heavy (non-hydrogen) atoms. The Bertz CT molecular complexity index is 1010. The average molecular weight is 504 g/mol. The van der Waals surface area contributed by atoms with Crippen LogP contribution in [-0.2, 0) is 18.0 Å². The standard InChI is InChI=1S/C19H22BrClF2N4OSi/c1-29(2,3)8-7-28-11-27-10-13(20)16-17(25-19(21)26-18(16)27)24-9-12-14(22)5-4-6-15(12)23/h4-6,10H,7-9,11H2,1-3H3,(H,24,25,26). The van der Waals surface area contributed by atoms with E-state index in [0.29, 0.717) is 30.2 Å². The Hall–Kier alpha value is -1.55. The quantitative estimate of drug-likeness (QED) is 0.231. The third-order valence-electron chi connectivity index (χ3n) is 4.36. The van der Waals surface area contributed by atoms with Gasteiger partial charge in [-0.15, -0.1) is 0 Å². The molecule has 0 saturated heterocycles. The minimum atomic E-state index is -1.18. The molecule has 0 saturated carbocycles. The highest BCUT2D eigenvalue weighted by Crippen LogP contribution is 2.32. The van der Waals surface area contributed by atoms with Crippen molar-refractivity contribution in [1.82, 2.24) is 14.5 Å². The lowest BCUT2D eigenvalue weighted by Crippen LogP contribution is -2.22. The van der Waals surface area contributed by atoms with Crippen LogP contribution in [0.3, 0.4) is 0 Å². The number of halogens is 4. The van der Waals surface area contributed by atoms with Crippen molar-refractivity contribution in [2.75, 3.05) is 11.9 Å². The number of ether oxygens (including phenoxy) is 1. The fourth-order valence-corrected chi connectivity index (χ4v) is 4.29. The van der Waals surface area contributed by atoms with E-state index >= 15 is 0 Å². The second-order valence-electron chi connectivity index (χ2n) is 7.89. The van der Waals surface area contributed by atoms with Gasteiger partial charge in [0.15, 0.2) is 0 Å². The normalized spacial score (nSPS) is 12.0. The van der Waals surface area contributed by atoms with Crippen molar-refractivity contribution >= 4 is 52.5 Å². The van der Waals surface area contributed by atoms with E-state index < -0.39 is 19.7 Å². The number of nitrogens with zero attached hydrogens (tertiary/aromatic N) is 3. The van der Waals surface area contributed by atoms with E-state index in [0.717, 1.165) is 10.5 Å². The molecule has 0 aliphatic rings. The summed E-state index contributed by atoms with van der Waals surface area (Å²) in [6.45, 7) is 7.79. The van der Waals surface area contributed by atoms with Crippen LogP contribution in [0.15, 0.2) is 28.9 Å². The summed E-state index contributed by atoms with van der Waals surface area (Å²) in [5.41, 5.74) is 0.502. The fraction of sp³-hybridized carbons (Fsp3) is 0.368. The number of fused-ring (bicyclic) bond motifs is 1. The van der Waals surface area contributed by atoms with Crippen LogP contribution in [-0.4, -0.2) is 29.2 Å². The maximum atomic E-state index is 13.9. The minimum absolute atomic E-state index is 0.0305. The van der Waals surface area contributed by atoms with Gasteiger partial charge in [0, 0.05) is 37.5 Å². The van der Waals surface area contributed by atoms with Crippen molar-refractivity contribution < 1.29 is 13.5 Å². The topological polar surface area (TPSA) is 52.0 Å². The molecule has 5 nitrogen and oxygen atoms in total. The van der Waals surface area contributed by atoms with Gasteiger partial charge in [0.2, 0.25) is 5.28 Å². The molecule has 0 amide bonds. The van der Waals surface area contributed by atoms with E-state index in [4.69, 9.17) is 16.3 Å². The number of rotatable bonds is 8. The Labute approximate surface area is 182 Å². The molecule has 1 N–H and O–H groups in total. The van der Waals surface area contributed by atoms with Crippen LogP contribution in [0, 0.1) is 11.6 Å². The summed E-state index contributed by atoms with van der Waals surface area (Å²) in [6, 6.07) is 4.82. The third kappa shape index (κ3) is 5.53. The molecule has 0 atom stereocenters. The van der Waals surface area contributed by atoms with E-state index in [2.05, 4.69) is 50.9 Å². The number of aromatic nitrogens is 3. The highest BCUT2D eigenvalue weighted by atomic mass is 79.9. The molecule has 3 aromatic rings. The van der Waals surface area contributed by atoms with Gasteiger partial charge in [0.05, 0.1) is 5.39 Å². The lowest BCUT2D eigenvalue weighted by atomic mass is 10.2. The van der Waals surface area contributed by atoms with E-state index in [1.54, 1.807) is 0 Å². The first kappa shape index (κ1) is 22.1. The maximum absolute atomic E-state index is 13.9. The molecule has 0 spiro atoms. The van der Waals surface area contributed by atoms with E-state index in [9.17, 15) is 8.78 Å². The zero-order valence-electron chi connectivity index (χ0n) is 16.4. The lowest BCUT2D eigenvalue weighted by molar-refractivity contribution is 0.0898. The van der Waals surface area contributed by atoms with E-state index in [-0.39, 0.29) is 17.4 Å². The number of nitrogens with one attached hydrogen (secondary N) is 1. The lowest BCUT2D eigenvalue weighted by Gasteiger charge is -2.15. The molecule has 0 radical (unpaired) electrons. The summed E-state index contributed by atoms with van der Waals surface area (Å²) in [7, 11) is -1.18. The van der Waals surface area contributed by atoms with Gasteiger partial charge in [0.25, 0.3) is 0 Å². The molecule has 3 rings (SSSR count). The average Bonchev–Trinajstić information content (AvgIpc) is 2.93. The highest BCUT2D eigenvalue weighted by Gasteiger charge is 2.17. The molecule has 156 valence electrons. The van der Waals surface area contributed by atoms with Crippen molar-refractivity contribution in [2.45, 2.75) is 39.0 Å². The zero-order valence-corrected chi connectivity index (χ0v) is 19.7. The first-order valence-corrected chi connectivity index (χ1v) is 14.0. The second kappa shape index (κ2) is 9.07.